The first-order valence-corrected chi connectivity index (χ1v) is 2.10. The van der Waals surface area contributed by atoms with Crippen LogP contribution < -0.4 is 0 Å². The fourth-order valence-corrected chi connectivity index (χ4v) is 0. The van der Waals surface area contributed by atoms with Crippen LogP contribution in [0.2, 0.25) is 0 Å². The van der Waals surface area contributed by atoms with Gasteiger partial charge in [-0.15, -0.1) is 0 Å². The number of rotatable bonds is 1. The van der Waals surface area contributed by atoms with Gasteiger partial charge in [-0.3, -0.25) is 0 Å². The SMILES string of the molecule is ClBBCl. The molecule has 0 saturated heterocycles. The average Bonchev–Trinajstić information content (AvgIpc) is 1.37. The first-order valence-electron chi connectivity index (χ1n) is 1.03. The van der Waals surface area contributed by atoms with Crippen molar-refractivity contribution in [2.45, 2.75) is 0 Å². The van der Waals surface area contributed by atoms with E-state index in [4.69, 9.17) is 22.9 Å². The second-order valence-corrected chi connectivity index (χ2v) is 1.13. The quantitative estimate of drug-likeness (QED) is 0.404. The lowest BCUT2D eigenvalue weighted by molar-refractivity contribution is 4.16. The van der Waals surface area contributed by atoms with Gasteiger partial charge in [-0.25, -0.2) is 22.9 Å². The van der Waals surface area contributed by atoms with Crippen LogP contribution in [0, 0.1) is 0 Å². The summed E-state index contributed by atoms with van der Waals surface area (Å²) in [6, 6.07) is 0. The molecular weight excluding hydrogens is 92.5 g/mol. The highest BCUT2D eigenvalue weighted by Gasteiger charge is 1.73. The number of hydrogen-bond donors (Lipinski definition) is 0. The molecule has 0 aliphatic rings. The van der Waals surface area contributed by atoms with Crippen LogP contribution in [0.4, 0.5) is 0 Å². The van der Waals surface area contributed by atoms with E-state index in [2.05, 4.69) is 0 Å². The van der Waals surface area contributed by atoms with Crippen LogP contribution in [0.1, 0.15) is 0 Å². The van der Waals surface area contributed by atoms with Gasteiger partial charge in [0.05, 0.1) is 0 Å². The van der Waals surface area contributed by atoms with Crippen molar-refractivity contribution in [3.8, 4) is 0 Å². The highest BCUT2D eigenvalue weighted by atomic mass is 35.5. The highest BCUT2D eigenvalue weighted by molar-refractivity contribution is 7.40. The Bertz CT molecular complexity index is 6.00. The summed E-state index contributed by atoms with van der Waals surface area (Å²) >= 11 is 10.1. The molecule has 0 bridgehead atoms. The largest absolute Gasteiger partial charge is 0.217 e. The van der Waals surface area contributed by atoms with E-state index < -0.39 is 0 Å². The van der Waals surface area contributed by atoms with E-state index >= 15 is 0 Å². The van der Waals surface area contributed by atoms with E-state index in [0.29, 0.717) is 13.2 Å². The highest BCUT2D eigenvalue weighted by Crippen LogP contribution is 1.66. The van der Waals surface area contributed by atoms with Crippen molar-refractivity contribution < 1.29 is 0 Å². The summed E-state index contributed by atoms with van der Waals surface area (Å²) in [7, 11) is 0. The number of halogens is 2. The average molecular weight is 94.5 g/mol. The molecule has 0 spiro atoms. The van der Waals surface area contributed by atoms with E-state index in [1.807, 2.05) is 0 Å². The lowest BCUT2D eigenvalue weighted by Crippen LogP contribution is -1.78. The van der Waals surface area contributed by atoms with E-state index in [9.17, 15) is 0 Å². The molecule has 0 aromatic rings. The first kappa shape index (κ1) is 4.71. The number of hydrogen-bond acceptors (Lipinski definition) is 0. The van der Waals surface area contributed by atoms with Crippen molar-refractivity contribution in [2.75, 3.05) is 0 Å². The molecule has 0 N–H and O–H groups in total. The van der Waals surface area contributed by atoms with Crippen molar-refractivity contribution in [1.82, 2.24) is 0 Å². The summed E-state index contributed by atoms with van der Waals surface area (Å²) < 4.78 is 0. The maximum absolute atomic E-state index is 5.05. The predicted octanol–water partition coefficient (Wildman–Crippen LogP) is 0.0820. The Morgan fingerprint density at radius 2 is 1.25 bits per heavy atom. The Balaban J connectivity index is 1.97. The molecule has 0 rings (SSSR count). The monoisotopic (exact) mass is 94.0 g/mol. The predicted molar refractivity (Wildman–Crippen MR) is 26.0 cm³/mol. The third-order valence-electron chi connectivity index (χ3n) is 0.0714. The second-order valence-electron chi connectivity index (χ2n) is 0.378. The van der Waals surface area contributed by atoms with Crippen LogP contribution in [0.5, 0.6) is 0 Å². The summed E-state index contributed by atoms with van der Waals surface area (Å²) in [4.78, 5) is 0. The standard InChI is InChI=1S/B2Cl2H2/c3-1-2-4/h1-2H. The van der Waals surface area contributed by atoms with E-state index in [0.717, 1.165) is 0 Å². The van der Waals surface area contributed by atoms with E-state index in [1.54, 1.807) is 0 Å². The zero-order valence-corrected chi connectivity index (χ0v) is 3.68. The van der Waals surface area contributed by atoms with Crippen molar-refractivity contribution in [3.63, 3.8) is 0 Å². The molecule has 4 heavy (non-hydrogen) atoms. The molecule has 22 valence electrons. The molecule has 0 fully saturated rings. The van der Waals surface area contributed by atoms with Crippen molar-refractivity contribution in [3.05, 3.63) is 0 Å². The fraction of sp³-hybridized carbons (Fsp3) is 0. The molecule has 0 saturated carbocycles. The fourth-order valence-electron chi connectivity index (χ4n) is 0. The minimum atomic E-state index is 0.557. The third kappa shape index (κ3) is 2.71. The molecule has 0 atom stereocenters. The smallest absolute Gasteiger partial charge is 0.210 e. The minimum absolute atomic E-state index is 0.557. The van der Waals surface area contributed by atoms with Crippen molar-refractivity contribution in [2.24, 2.45) is 0 Å². The zero-order chi connectivity index (χ0) is 3.41. The molecule has 0 radical (unpaired) electrons. The maximum atomic E-state index is 5.05. The summed E-state index contributed by atoms with van der Waals surface area (Å²) in [6.07, 6.45) is 0. The van der Waals surface area contributed by atoms with Crippen molar-refractivity contribution >= 4 is 36.1 Å². The molecule has 0 nitrogen and oxygen atoms in total. The summed E-state index contributed by atoms with van der Waals surface area (Å²) in [5.74, 6) is 0. The van der Waals surface area contributed by atoms with Gasteiger partial charge in [0.1, 0.15) is 0 Å². The first-order chi connectivity index (χ1) is 1.91. The maximum Gasteiger partial charge on any atom is 0.217 e. The van der Waals surface area contributed by atoms with Gasteiger partial charge in [0.15, 0.2) is 0 Å². The Hall–Kier alpha value is 0.710. The van der Waals surface area contributed by atoms with Gasteiger partial charge in [0, 0.05) is 0 Å². The molecule has 0 unspecified atom stereocenters. The van der Waals surface area contributed by atoms with Gasteiger partial charge < -0.3 is 0 Å². The molecule has 4 heteroatoms. The third-order valence-corrected chi connectivity index (χ3v) is 0.643. The van der Waals surface area contributed by atoms with Crippen LogP contribution in [0.15, 0.2) is 0 Å². The van der Waals surface area contributed by atoms with Gasteiger partial charge in [-0.1, -0.05) is 0 Å². The molecule has 0 aliphatic carbocycles. The second kappa shape index (κ2) is 3.71. The molecular formula is H2B2Cl2. The Morgan fingerprint density at radius 1 is 1.00 bits per heavy atom. The lowest BCUT2D eigenvalue weighted by Gasteiger charge is -1.54. The van der Waals surface area contributed by atoms with Gasteiger partial charge in [-0.2, -0.15) is 0 Å². The normalized spacial score (nSPS) is 5.50. The van der Waals surface area contributed by atoms with Crippen molar-refractivity contribution in [1.29, 1.82) is 0 Å². The van der Waals surface area contributed by atoms with Crippen LogP contribution in [-0.2, 0) is 0 Å². The van der Waals surface area contributed by atoms with E-state index in [-0.39, 0.29) is 0 Å². The molecule has 0 heterocycles. The molecule has 0 aliphatic heterocycles. The summed E-state index contributed by atoms with van der Waals surface area (Å²) in [5, 5.41) is 0. The zero-order valence-electron chi connectivity index (χ0n) is 2.17. The Labute approximate surface area is 36.8 Å². The van der Waals surface area contributed by atoms with E-state index in [1.165, 1.54) is 0 Å². The van der Waals surface area contributed by atoms with Crippen LogP contribution in [-0.4, -0.2) is 13.2 Å². The Kier molecular flexibility index (Phi) is 4.37. The minimum Gasteiger partial charge on any atom is -0.210 e. The van der Waals surface area contributed by atoms with Gasteiger partial charge in [-0.05, 0) is 0 Å². The van der Waals surface area contributed by atoms with Crippen LogP contribution in [0.25, 0.3) is 0 Å². The molecule has 0 aromatic carbocycles. The van der Waals surface area contributed by atoms with Gasteiger partial charge >= 0.3 is 0 Å². The molecule has 0 amide bonds. The summed E-state index contributed by atoms with van der Waals surface area (Å²) in [6.45, 7) is 1.11. The lowest BCUT2D eigenvalue weighted by atomic mass is 9.77. The van der Waals surface area contributed by atoms with Crippen LogP contribution >= 0.6 is 22.9 Å². The Morgan fingerprint density at radius 3 is 1.25 bits per heavy atom. The molecule has 0 aromatic heterocycles. The topological polar surface area (TPSA) is 0 Å². The summed E-state index contributed by atoms with van der Waals surface area (Å²) in [5.41, 5.74) is 0. The van der Waals surface area contributed by atoms with Crippen LogP contribution in [0.3, 0.4) is 0 Å². The van der Waals surface area contributed by atoms with Gasteiger partial charge in [0.2, 0.25) is 13.2 Å². The van der Waals surface area contributed by atoms with Gasteiger partial charge in [0.25, 0.3) is 0 Å².